The number of carbonyl (C=O) groups excluding carboxylic acids is 1. The Morgan fingerprint density at radius 3 is 2.54 bits per heavy atom. The van der Waals surface area contributed by atoms with Gasteiger partial charge in [-0.3, -0.25) is 4.79 Å². The van der Waals surface area contributed by atoms with Gasteiger partial charge in [0.05, 0.1) is 17.3 Å². The summed E-state index contributed by atoms with van der Waals surface area (Å²) < 4.78 is 36.8. The molecule has 0 saturated heterocycles. The maximum absolute atomic E-state index is 12.6. The zero-order valence-corrected chi connectivity index (χ0v) is 6.17. The molecule has 3 nitrogen and oxygen atoms in total. The number of pyridine rings is 1. The van der Waals surface area contributed by atoms with Crippen molar-refractivity contribution in [3.8, 4) is 5.75 Å². The van der Waals surface area contributed by atoms with Gasteiger partial charge in [-0.15, -0.1) is 0 Å². The largest absolute Gasteiger partial charge is 0.506 e. The first-order valence-corrected chi connectivity index (χ1v) is 3.18. The highest BCUT2D eigenvalue weighted by Gasteiger charge is 2.21. The summed E-state index contributed by atoms with van der Waals surface area (Å²) in [7, 11) is 0. The molecule has 0 aromatic carbocycles. The molecule has 0 radical (unpaired) electrons. The van der Waals surface area contributed by atoms with Gasteiger partial charge in [-0.1, -0.05) is 0 Å². The first-order valence-electron chi connectivity index (χ1n) is 3.18. The number of nitrogens with zero attached hydrogens (tertiary/aromatic N) is 1. The zero-order valence-electron chi connectivity index (χ0n) is 6.17. The molecule has 0 saturated carbocycles. The highest BCUT2D eigenvalue weighted by atomic mass is 19.3. The molecule has 0 aliphatic rings. The van der Waals surface area contributed by atoms with Crippen molar-refractivity contribution in [2.24, 2.45) is 0 Å². The van der Waals surface area contributed by atoms with Crippen LogP contribution in [0.5, 0.6) is 5.75 Å². The Bertz CT molecular complexity index is 341. The maximum atomic E-state index is 12.6. The fourth-order valence-electron chi connectivity index (χ4n) is 0.837. The molecule has 6 heteroatoms. The minimum atomic E-state index is -3.18. The molecular weight excluding hydrogens is 187 g/mol. The molecule has 0 fully saturated rings. The standard InChI is InChI=1S/C7H4F3NO2/c8-6(9)5-3(2-12)4(13)1-11-7(5)10/h1-2,6,13H. The Balaban J connectivity index is 3.43. The number of halogens is 3. The van der Waals surface area contributed by atoms with Gasteiger partial charge in [0, 0.05) is 0 Å². The summed E-state index contributed by atoms with van der Waals surface area (Å²) >= 11 is 0. The summed E-state index contributed by atoms with van der Waals surface area (Å²) in [6.07, 6.45) is -2.62. The molecule has 0 unspecified atom stereocenters. The van der Waals surface area contributed by atoms with Gasteiger partial charge in [-0.05, 0) is 0 Å². The molecule has 13 heavy (non-hydrogen) atoms. The van der Waals surface area contributed by atoms with E-state index in [0.29, 0.717) is 6.20 Å². The topological polar surface area (TPSA) is 50.2 Å². The minimum Gasteiger partial charge on any atom is -0.506 e. The predicted octanol–water partition coefficient (Wildman–Crippen LogP) is 1.68. The fourth-order valence-corrected chi connectivity index (χ4v) is 0.837. The second-order valence-corrected chi connectivity index (χ2v) is 2.18. The van der Waals surface area contributed by atoms with Crippen molar-refractivity contribution in [2.45, 2.75) is 6.43 Å². The molecular formula is C7H4F3NO2. The molecule has 0 amide bonds. The molecule has 1 rings (SSSR count). The van der Waals surface area contributed by atoms with Crippen molar-refractivity contribution >= 4 is 6.29 Å². The second-order valence-electron chi connectivity index (χ2n) is 2.18. The van der Waals surface area contributed by atoms with Crippen molar-refractivity contribution in [1.82, 2.24) is 4.98 Å². The molecule has 0 bridgehead atoms. The van der Waals surface area contributed by atoms with E-state index in [2.05, 4.69) is 4.98 Å². The molecule has 1 aromatic heterocycles. The predicted molar refractivity (Wildman–Crippen MR) is 36.2 cm³/mol. The number of aldehydes is 1. The Kier molecular flexibility index (Phi) is 2.50. The number of aromatic hydroxyl groups is 1. The second kappa shape index (κ2) is 3.42. The van der Waals surface area contributed by atoms with Gasteiger partial charge >= 0.3 is 0 Å². The highest BCUT2D eigenvalue weighted by molar-refractivity contribution is 5.81. The van der Waals surface area contributed by atoms with Crippen LogP contribution in [0.15, 0.2) is 6.20 Å². The summed E-state index contributed by atoms with van der Waals surface area (Å²) in [5.41, 5.74) is -1.93. The van der Waals surface area contributed by atoms with Crippen molar-refractivity contribution in [3.05, 3.63) is 23.3 Å². The average molecular weight is 191 g/mol. The Hall–Kier alpha value is -1.59. The van der Waals surface area contributed by atoms with E-state index in [1.165, 1.54) is 0 Å². The van der Waals surface area contributed by atoms with Gasteiger partial charge in [-0.25, -0.2) is 13.8 Å². The van der Waals surface area contributed by atoms with Crippen LogP contribution in [0.3, 0.4) is 0 Å². The van der Waals surface area contributed by atoms with E-state index in [1.807, 2.05) is 0 Å². The molecule has 0 aliphatic carbocycles. The summed E-state index contributed by atoms with van der Waals surface area (Å²) in [4.78, 5) is 13.1. The van der Waals surface area contributed by atoms with Gasteiger partial charge in [0.1, 0.15) is 5.75 Å². The Morgan fingerprint density at radius 2 is 2.15 bits per heavy atom. The van der Waals surface area contributed by atoms with Crippen LogP contribution in [0.25, 0.3) is 0 Å². The molecule has 0 aliphatic heterocycles. The third-order valence-corrected chi connectivity index (χ3v) is 1.42. The summed E-state index contributed by atoms with van der Waals surface area (Å²) in [5.74, 6) is -2.21. The van der Waals surface area contributed by atoms with E-state index in [9.17, 15) is 18.0 Å². The zero-order chi connectivity index (χ0) is 10.0. The van der Waals surface area contributed by atoms with Crippen LogP contribution in [-0.4, -0.2) is 16.4 Å². The minimum absolute atomic E-state index is 0.0401. The van der Waals surface area contributed by atoms with Crippen molar-refractivity contribution in [2.75, 3.05) is 0 Å². The Morgan fingerprint density at radius 1 is 1.54 bits per heavy atom. The lowest BCUT2D eigenvalue weighted by atomic mass is 10.1. The number of hydrogen-bond acceptors (Lipinski definition) is 3. The number of hydrogen-bond donors (Lipinski definition) is 1. The van der Waals surface area contributed by atoms with Gasteiger partial charge < -0.3 is 5.11 Å². The highest BCUT2D eigenvalue weighted by Crippen LogP contribution is 2.28. The quantitative estimate of drug-likeness (QED) is 0.571. The van der Waals surface area contributed by atoms with E-state index in [0.717, 1.165) is 0 Å². The maximum Gasteiger partial charge on any atom is 0.269 e. The Labute approximate surface area is 70.8 Å². The lowest BCUT2D eigenvalue weighted by Crippen LogP contribution is -2.00. The van der Waals surface area contributed by atoms with E-state index in [-0.39, 0.29) is 6.29 Å². The van der Waals surface area contributed by atoms with Crippen LogP contribution >= 0.6 is 0 Å². The first kappa shape index (κ1) is 9.50. The van der Waals surface area contributed by atoms with Crippen LogP contribution in [0.4, 0.5) is 13.2 Å². The third-order valence-electron chi connectivity index (χ3n) is 1.42. The van der Waals surface area contributed by atoms with E-state index in [1.54, 1.807) is 0 Å². The van der Waals surface area contributed by atoms with Crippen LogP contribution < -0.4 is 0 Å². The van der Waals surface area contributed by atoms with Gasteiger partial charge in [0.15, 0.2) is 6.29 Å². The molecule has 0 spiro atoms. The van der Waals surface area contributed by atoms with Crippen LogP contribution in [0.2, 0.25) is 0 Å². The van der Waals surface area contributed by atoms with Crippen molar-refractivity contribution < 1.29 is 23.1 Å². The smallest absolute Gasteiger partial charge is 0.269 e. The lowest BCUT2D eigenvalue weighted by molar-refractivity contribution is 0.109. The first-order chi connectivity index (χ1) is 6.07. The summed E-state index contributed by atoms with van der Waals surface area (Å²) in [6.45, 7) is 0. The van der Waals surface area contributed by atoms with Gasteiger partial charge in [0.25, 0.3) is 6.43 Å². The van der Waals surface area contributed by atoms with Crippen LogP contribution in [-0.2, 0) is 0 Å². The van der Waals surface area contributed by atoms with Crippen LogP contribution in [0, 0.1) is 5.95 Å². The molecule has 0 atom stereocenters. The molecule has 70 valence electrons. The average Bonchev–Trinajstić information content (AvgIpc) is 2.07. The fraction of sp³-hybridized carbons (Fsp3) is 0.143. The number of aromatic nitrogens is 1. The van der Waals surface area contributed by atoms with Crippen molar-refractivity contribution in [1.29, 1.82) is 0 Å². The van der Waals surface area contributed by atoms with Gasteiger partial charge in [-0.2, -0.15) is 4.39 Å². The number of alkyl halides is 2. The van der Waals surface area contributed by atoms with Gasteiger partial charge in [0.2, 0.25) is 5.95 Å². The lowest BCUT2D eigenvalue weighted by Gasteiger charge is -2.04. The van der Waals surface area contributed by atoms with Crippen LogP contribution in [0.1, 0.15) is 22.3 Å². The molecule has 1 aromatic rings. The SMILES string of the molecule is O=Cc1c(O)cnc(F)c1C(F)F. The normalized spacial score (nSPS) is 10.5. The number of rotatable bonds is 2. The van der Waals surface area contributed by atoms with E-state index < -0.39 is 29.2 Å². The molecule has 1 heterocycles. The summed E-state index contributed by atoms with van der Waals surface area (Å²) in [6, 6.07) is 0. The number of carbonyl (C=O) groups is 1. The van der Waals surface area contributed by atoms with Crippen molar-refractivity contribution in [3.63, 3.8) is 0 Å². The van der Waals surface area contributed by atoms with E-state index >= 15 is 0 Å². The third kappa shape index (κ3) is 1.61. The summed E-state index contributed by atoms with van der Waals surface area (Å²) in [5, 5.41) is 8.87. The molecule has 1 N–H and O–H groups in total. The monoisotopic (exact) mass is 191 g/mol. The van der Waals surface area contributed by atoms with E-state index in [4.69, 9.17) is 5.11 Å².